The fourth-order valence-corrected chi connectivity index (χ4v) is 3.85. The Labute approximate surface area is 211 Å². The molecule has 184 valence electrons. The number of benzene rings is 2. The van der Waals surface area contributed by atoms with Gasteiger partial charge in [0.1, 0.15) is 11.6 Å². The second-order valence-electron chi connectivity index (χ2n) is 8.35. The Morgan fingerprint density at radius 1 is 1.14 bits per heavy atom. The van der Waals surface area contributed by atoms with Crippen LogP contribution in [0.15, 0.2) is 65.7 Å². The molecular weight excluding hydrogens is 476 g/mol. The number of nitrogens with one attached hydrogen (secondary N) is 1. The summed E-state index contributed by atoms with van der Waals surface area (Å²) in [5, 5.41) is 12.8. The van der Waals surface area contributed by atoms with Gasteiger partial charge in [-0.3, -0.25) is 14.6 Å². The highest BCUT2D eigenvalue weighted by Crippen LogP contribution is 2.28. The van der Waals surface area contributed by atoms with Crippen LogP contribution < -0.4 is 15.8 Å². The number of nitrogens with zero attached hydrogens (tertiary/aromatic N) is 4. The lowest BCUT2D eigenvalue weighted by Crippen LogP contribution is -2.33. The van der Waals surface area contributed by atoms with Gasteiger partial charge in [-0.2, -0.15) is 5.26 Å². The summed E-state index contributed by atoms with van der Waals surface area (Å²) in [5.74, 6) is 3.25. The monoisotopic (exact) mass is 497 g/mol. The Balaban J connectivity index is 1.48. The predicted molar refractivity (Wildman–Crippen MR) is 136 cm³/mol. The summed E-state index contributed by atoms with van der Waals surface area (Å²) in [6.07, 6.45) is 3.00. The largest absolute Gasteiger partial charge is 0.376 e. The third kappa shape index (κ3) is 5.47. The van der Waals surface area contributed by atoms with Gasteiger partial charge < -0.3 is 14.8 Å². The Hall–Kier alpha value is -5.02. The van der Waals surface area contributed by atoms with Crippen LogP contribution in [0.3, 0.4) is 0 Å². The number of fused-ring (bicyclic) bond motifs is 1. The van der Waals surface area contributed by atoms with Crippen LogP contribution in [0, 0.1) is 34.8 Å². The molecule has 37 heavy (non-hydrogen) atoms. The number of carbonyl (C=O) groups excluding carboxylic acids is 1. The van der Waals surface area contributed by atoms with Gasteiger partial charge in [-0.05, 0) is 48.0 Å². The summed E-state index contributed by atoms with van der Waals surface area (Å²) < 4.78 is 27.9. The fraction of sp³-hybridized carbons (Fsp3) is 0.143. The molecule has 0 aliphatic carbocycles. The van der Waals surface area contributed by atoms with E-state index in [1.165, 1.54) is 35.2 Å². The van der Waals surface area contributed by atoms with Crippen LogP contribution in [0.4, 0.5) is 14.5 Å². The lowest BCUT2D eigenvalue weighted by molar-refractivity contribution is 0.0956. The van der Waals surface area contributed by atoms with Crippen molar-refractivity contribution in [2.45, 2.75) is 6.54 Å². The SMILES string of the molecule is CN(C)c1c(C#N)cnc2ccc(C#CCNC(=O)c3cccn(Cc4ccc(F)c(F)c4)c3=O)cc12. The minimum absolute atomic E-state index is 0.00853. The van der Waals surface area contributed by atoms with Crippen LogP contribution in [0.25, 0.3) is 10.9 Å². The fourth-order valence-electron chi connectivity index (χ4n) is 3.85. The highest BCUT2D eigenvalue weighted by Gasteiger charge is 2.13. The maximum atomic E-state index is 13.5. The van der Waals surface area contributed by atoms with Crippen molar-refractivity contribution in [3.8, 4) is 17.9 Å². The molecule has 0 saturated carbocycles. The molecule has 2 heterocycles. The van der Waals surface area contributed by atoms with E-state index in [0.29, 0.717) is 16.7 Å². The Bertz CT molecular complexity index is 1680. The molecule has 0 fully saturated rings. The Morgan fingerprint density at radius 3 is 2.68 bits per heavy atom. The topological polar surface area (TPSA) is 91.0 Å². The molecule has 0 atom stereocenters. The Kier molecular flexibility index (Phi) is 7.26. The molecule has 0 spiro atoms. The van der Waals surface area contributed by atoms with Gasteiger partial charge in [0.2, 0.25) is 0 Å². The third-order valence-corrected chi connectivity index (χ3v) is 5.58. The lowest BCUT2D eigenvalue weighted by Gasteiger charge is -2.16. The van der Waals surface area contributed by atoms with Crippen LogP contribution in [0.2, 0.25) is 0 Å². The number of nitriles is 1. The highest BCUT2D eigenvalue weighted by molar-refractivity contribution is 5.95. The number of carbonyl (C=O) groups is 1. The van der Waals surface area contributed by atoms with E-state index in [0.717, 1.165) is 28.7 Å². The molecule has 4 aromatic rings. The van der Waals surface area contributed by atoms with Crippen molar-refractivity contribution in [2.75, 3.05) is 25.5 Å². The summed E-state index contributed by atoms with van der Waals surface area (Å²) in [7, 11) is 3.69. The maximum Gasteiger partial charge on any atom is 0.263 e. The smallest absolute Gasteiger partial charge is 0.263 e. The number of rotatable bonds is 5. The van der Waals surface area contributed by atoms with Crippen molar-refractivity contribution < 1.29 is 13.6 Å². The van der Waals surface area contributed by atoms with Crippen molar-refractivity contribution >= 4 is 22.5 Å². The zero-order valence-corrected chi connectivity index (χ0v) is 20.0. The van der Waals surface area contributed by atoms with Gasteiger partial charge in [0.05, 0.1) is 29.9 Å². The van der Waals surface area contributed by atoms with Crippen LogP contribution in [0.1, 0.15) is 27.0 Å². The molecule has 0 aliphatic rings. The van der Waals surface area contributed by atoms with Crippen molar-refractivity contribution in [2.24, 2.45) is 0 Å². The second kappa shape index (κ2) is 10.7. The number of hydrogen-bond acceptors (Lipinski definition) is 5. The molecule has 2 aromatic carbocycles. The van der Waals surface area contributed by atoms with Crippen molar-refractivity contribution in [3.05, 3.63) is 105 Å². The minimum atomic E-state index is -1.01. The van der Waals surface area contributed by atoms with Gasteiger partial charge in [-0.25, -0.2) is 8.78 Å². The number of anilines is 1. The van der Waals surface area contributed by atoms with Crippen LogP contribution in [-0.4, -0.2) is 36.1 Å². The second-order valence-corrected chi connectivity index (χ2v) is 8.35. The molecule has 0 unspecified atom stereocenters. The first-order chi connectivity index (χ1) is 17.8. The minimum Gasteiger partial charge on any atom is -0.376 e. The number of halogens is 2. The van der Waals surface area contributed by atoms with E-state index >= 15 is 0 Å². The van der Waals surface area contributed by atoms with Crippen LogP contribution in [0.5, 0.6) is 0 Å². The molecule has 0 bridgehead atoms. The van der Waals surface area contributed by atoms with E-state index in [4.69, 9.17) is 0 Å². The zero-order chi connectivity index (χ0) is 26.5. The lowest BCUT2D eigenvalue weighted by atomic mass is 10.1. The summed E-state index contributed by atoms with van der Waals surface area (Å²) in [5.41, 5.74) is 2.32. The van der Waals surface area contributed by atoms with Crippen LogP contribution >= 0.6 is 0 Å². The van der Waals surface area contributed by atoms with Gasteiger partial charge in [0.25, 0.3) is 11.5 Å². The molecule has 0 aliphatic heterocycles. The molecule has 4 rings (SSSR count). The average molecular weight is 498 g/mol. The molecule has 1 N–H and O–H groups in total. The van der Waals surface area contributed by atoms with Crippen molar-refractivity contribution in [1.82, 2.24) is 14.9 Å². The van der Waals surface area contributed by atoms with E-state index < -0.39 is 23.1 Å². The van der Waals surface area contributed by atoms with Crippen molar-refractivity contribution in [3.63, 3.8) is 0 Å². The van der Waals surface area contributed by atoms with Gasteiger partial charge in [0.15, 0.2) is 11.6 Å². The number of hydrogen-bond donors (Lipinski definition) is 1. The van der Waals surface area contributed by atoms with E-state index in [-0.39, 0.29) is 18.7 Å². The van der Waals surface area contributed by atoms with Gasteiger partial charge in [-0.1, -0.05) is 17.9 Å². The predicted octanol–water partition coefficient (Wildman–Crippen LogP) is 3.44. The number of amides is 1. The summed E-state index contributed by atoms with van der Waals surface area (Å²) in [4.78, 5) is 31.5. The molecule has 9 heteroatoms. The van der Waals surface area contributed by atoms with Gasteiger partial charge in [-0.15, -0.1) is 0 Å². The number of aromatic nitrogens is 2. The first-order valence-electron chi connectivity index (χ1n) is 11.2. The summed E-state index contributed by atoms with van der Waals surface area (Å²) in [6.45, 7) is -0.0262. The molecule has 2 aromatic heterocycles. The quantitative estimate of drug-likeness (QED) is 0.427. The first-order valence-corrected chi connectivity index (χ1v) is 11.2. The third-order valence-electron chi connectivity index (χ3n) is 5.58. The molecule has 0 saturated heterocycles. The van der Waals surface area contributed by atoms with E-state index in [1.807, 2.05) is 31.1 Å². The Morgan fingerprint density at radius 2 is 1.95 bits per heavy atom. The standard InChI is InChI=1S/C28H21F2N5O2/c1-34(2)26-20(15-31)16-33-25-10-8-18(13-22(25)26)5-3-11-32-27(36)21-6-4-12-35(28(21)37)17-19-7-9-23(29)24(30)14-19/h4,6-10,12-14,16H,11,17H2,1-2H3,(H,32,36). The number of pyridine rings is 2. The first kappa shape index (κ1) is 25.1. The normalized spacial score (nSPS) is 10.4. The van der Waals surface area contributed by atoms with Gasteiger partial charge >= 0.3 is 0 Å². The van der Waals surface area contributed by atoms with E-state index in [1.54, 1.807) is 6.07 Å². The summed E-state index contributed by atoms with van der Waals surface area (Å²) in [6, 6.07) is 13.9. The molecule has 1 amide bonds. The summed E-state index contributed by atoms with van der Waals surface area (Å²) >= 11 is 0. The van der Waals surface area contributed by atoms with Crippen molar-refractivity contribution in [1.29, 1.82) is 5.26 Å². The molecule has 0 radical (unpaired) electrons. The van der Waals surface area contributed by atoms with E-state index in [9.17, 15) is 23.6 Å². The molecule has 7 nitrogen and oxygen atoms in total. The highest BCUT2D eigenvalue weighted by atomic mass is 19.2. The molecular formula is C28H21F2N5O2. The average Bonchev–Trinajstić information content (AvgIpc) is 2.88. The van der Waals surface area contributed by atoms with Crippen LogP contribution in [-0.2, 0) is 6.54 Å². The zero-order valence-electron chi connectivity index (χ0n) is 20.0. The van der Waals surface area contributed by atoms with Gasteiger partial charge in [0, 0.05) is 37.4 Å². The maximum absolute atomic E-state index is 13.5. The van der Waals surface area contributed by atoms with E-state index in [2.05, 4.69) is 28.2 Å².